The van der Waals surface area contributed by atoms with Gasteiger partial charge in [0.05, 0.1) is 0 Å². The summed E-state index contributed by atoms with van der Waals surface area (Å²) in [7, 11) is 0. The molecule has 0 fully saturated rings. The molecule has 2 heteroatoms. The van der Waals surface area contributed by atoms with Crippen molar-refractivity contribution in [2.24, 2.45) is 0 Å². The first kappa shape index (κ1) is 19.8. The van der Waals surface area contributed by atoms with Crippen LogP contribution in [0.1, 0.15) is 22.3 Å². The van der Waals surface area contributed by atoms with Crippen molar-refractivity contribution in [3.63, 3.8) is 0 Å². The van der Waals surface area contributed by atoms with Gasteiger partial charge in [-0.2, -0.15) is 0 Å². The molecule has 0 saturated carbocycles. The molecule has 0 bridgehead atoms. The van der Waals surface area contributed by atoms with Crippen LogP contribution in [0.4, 0.5) is 0 Å². The average molecular weight is 378 g/mol. The Bertz CT molecular complexity index is 871. The van der Waals surface area contributed by atoms with E-state index in [0.29, 0.717) is 0 Å². The van der Waals surface area contributed by atoms with Crippen LogP contribution in [-0.4, -0.2) is 11.6 Å². The van der Waals surface area contributed by atoms with Crippen LogP contribution in [0.3, 0.4) is 0 Å². The SMILES string of the molecule is O=CO.c1ccc(C(=C(c2ccccc2)c2ccccc2)c2ccccc2)cc1. The van der Waals surface area contributed by atoms with Crippen molar-refractivity contribution in [2.75, 3.05) is 0 Å². The summed E-state index contributed by atoms with van der Waals surface area (Å²) in [5.74, 6) is 0. The molecule has 0 radical (unpaired) electrons. The molecule has 4 aromatic carbocycles. The molecule has 142 valence electrons. The molecule has 0 atom stereocenters. The summed E-state index contributed by atoms with van der Waals surface area (Å²) in [6.07, 6.45) is 0. The topological polar surface area (TPSA) is 37.3 Å². The first-order valence-electron chi connectivity index (χ1n) is 9.39. The lowest BCUT2D eigenvalue weighted by atomic mass is 9.86. The third kappa shape index (κ3) is 5.08. The molecule has 0 amide bonds. The summed E-state index contributed by atoms with van der Waals surface area (Å²) < 4.78 is 0. The van der Waals surface area contributed by atoms with Gasteiger partial charge in [0.1, 0.15) is 0 Å². The number of rotatable bonds is 4. The Hall–Kier alpha value is -3.91. The molecule has 0 saturated heterocycles. The van der Waals surface area contributed by atoms with Crippen LogP contribution in [0.5, 0.6) is 0 Å². The molecular weight excluding hydrogens is 356 g/mol. The van der Waals surface area contributed by atoms with E-state index in [4.69, 9.17) is 9.90 Å². The van der Waals surface area contributed by atoms with Gasteiger partial charge in [-0.1, -0.05) is 121 Å². The molecule has 29 heavy (non-hydrogen) atoms. The molecule has 0 spiro atoms. The Morgan fingerprint density at radius 1 is 0.448 bits per heavy atom. The van der Waals surface area contributed by atoms with Gasteiger partial charge in [0.2, 0.25) is 0 Å². The second kappa shape index (κ2) is 10.4. The van der Waals surface area contributed by atoms with Gasteiger partial charge in [-0.05, 0) is 33.4 Å². The van der Waals surface area contributed by atoms with Crippen LogP contribution in [0.15, 0.2) is 121 Å². The van der Waals surface area contributed by atoms with Crippen LogP contribution in [0.2, 0.25) is 0 Å². The maximum absolute atomic E-state index is 8.36. The highest BCUT2D eigenvalue weighted by molar-refractivity contribution is 6.04. The number of carbonyl (C=O) groups is 1. The largest absolute Gasteiger partial charge is 0.483 e. The number of benzene rings is 4. The maximum Gasteiger partial charge on any atom is 0.290 e. The van der Waals surface area contributed by atoms with Gasteiger partial charge in [0.25, 0.3) is 6.47 Å². The van der Waals surface area contributed by atoms with Crippen molar-refractivity contribution in [2.45, 2.75) is 0 Å². The van der Waals surface area contributed by atoms with Crippen molar-refractivity contribution in [3.05, 3.63) is 144 Å². The molecule has 2 nitrogen and oxygen atoms in total. The van der Waals surface area contributed by atoms with E-state index in [-0.39, 0.29) is 6.47 Å². The summed E-state index contributed by atoms with van der Waals surface area (Å²) in [6.45, 7) is -0.250. The zero-order valence-corrected chi connectivity index (χ0v) is 16.0. The maximum atomic E-state index is 8.36. The number of carboxylic acid groups (broad SMARTS) is 1. The minimum Gasteiger partial charge on any atom is -0.483 e. The van der Waals surface area contributed by atoms with Crippen LogP contribution < -0.4 is 0 Å². The van der Waals surface area contributed by atoms with Crippen LogP contribution in [-0.2, 0) is 4.79 Å². The zero-order chi connectivity index (χ0) is 20.3. The average Bonchev–Trinajstić information content (AvgIpc) is 2.80. The molecular formula is C27H22O2. The molecule has 0 aromatic heterocycles. The Labute approximate surface area is 171 Å². The monoisotopic (exact) mass is 378 g/mol. The molecule has 0 aliphatic heterocycles. The Kier molecular flexibility index (Phi) is 7.14. The number of hydrogen-bond donors (Lipinski definition) is 1. The quantitative estimate of drug-likeness (QED) is 0.330. The minimum atomic E-state index is -0.250. The van der Waals surface area contributed by atoms with E-state index in [1.807, 2.05) is 0 Å². The van der Waals surface area contributed by atoms with Crippen molar-refractivity contribution in [3.8, 4) is 0 Å². The Balaban J connectivity index is 0.000000755. The second-order valence-corrected chi connectivity index (χ2v) is 6.32. The summed E-state index contributed by atoms with van der Waals surface area (Å²) in [6, 6.07) is 42.6. The summed E-state index contributed by atoms with van der Waals surface area (Å²) >= 11 is 0. The molecule has 0 aliphatic rings. The molecule has 4 aromatic rings. The van der Waals surface area contributed by atoms with Gasteiger partial charge in [-0.15, -0.1) is 0 Å². The first-order chi connectivity index (χ1) is 14.3. The lowest BCUT2D eigenvalue weighted by molar-refractivity contribution is -0.122. The van der Waals surface area contributed by atoms with Crippen molar-refractivity contribution >= 4 is 17.6 Å². The van der Waals surface area contributed by atoms with Gasteiger partial charge < -0.3 is 5.11 Å². The Morgan fingerprint density at radius 2 is 0.621 bits per heavy atom. The number of hydrogen-bond acceptors (Lipinski definition) is 1. The fraction of sp³-hybridized carbons (Fsp3) is 0. The summed E-state index contributed by atoms with van der Waals surface area (Å²) in [5.41, 5.74) is 7.40. The van der Waals surface area contributed by atoms with E-state index in [2.05, 4.69) is 121 Å². The predicted octanol–water partition coefficient (Wildman–Crippen LogP) is 6.39. The normalized spacial score (nSPS) is 9.66. The molecule has 0 heterocycles. The van der Waals surface area contributed by atoms with Crippen molar-refractivity contribution < 1.29 is 9.90 Å². The molecule has 1 N–H and O–H groups in total. The van der Waals surface area contributed by atoms with Crippen LogP contribution >= 0.6 is 0 Å². The van der Waals surface area contributed by atoms with Gasteiger partial charge in [0.15, 0.2) is 0 Å². The molecule has 0 unspecified atom stereocenters. The highest BCUT2D eigenvalue weighted by Crippen LogP contribution is 2.36. The lowest BCUT2D eigenvalue weighted by Gasteiger charge is -2.18. The highest BCUT2D eigenvalue weighted by Gasteiger charge is 2.15. The third-order valence-corrected chi connectivity index (χ3v) is 4.50. The smallest absolute Gasteiger partial charge is 0.290 e. The molecule has 0 aliphatic carbocycles. The van der Waals surface area contributed by atoms with Gasteiger partial charge in [-0.25, -0.2) is 0 Å². The zero-order valence-electron chi connectivity index (χ0n) is 16.0. The predicted molar refractivity (Wildman–Crippen MR) is 119 cm³/mol. The Morgan fingerprint density at radius 3 is 0.793 bits per heavy atom. The first-order valence-corrected chi connectivity index (χ1v) is 9.39. The molecule has 4 rings (SSSR count). The van der Waals surface area contributed by atoms with E-state index in [1.54, 1.807) is 0 Å². The van der Waals surface area contributed by atoms with Gasteiger partial charge in [-0.3, -0.25) is 4.79 Å². The minimum absolute atomic E-state index is 0.250. The second-order valence-electron chi connectivity index (χ2n) is 6.32. The third-order valence-electron chi connectivity index (χ3n) is 4.50. The van der Waals surface area contributed by atoms with Crippen molar-refractivity contribution in [1.29, 1.82) is 0 Å². The lowest BCUT2D eigenvalue weighted by Crippen LogP contribution is -1.97. The summed E-state index contributed by atoms with van der Waals surface area (Å²) in [4.78, 5) is 8.36. The standard InChI is InChI=1S/C26H20.CH2O2/c1-5-13-21(14-6-1)25(22-15-7-2-8-16-22)26(23-17-9-3-10-18-23)24-19-11-4-12-20-24;2-1-3/h1-20H;1H,(H,2,3). The van der Waals surface area contributed by atoms with Crippen LogP contribution in [0, 0.1) is 0 Å². The van der Waals surface area contributed by atoms with Crippen LogP contribution in [0.25, 0.3) is 11.1 Å². The van der Waals surface area contributed by atoms with Crippen molar-refractivity contribution in [1.82, 2.24) is 0 Å². The van der Waals surface area contributed by atoms with E-state index < -0.39 is 0 Å². The fourth-order valence-electron chi connectivity index (χ4n) is 3.33. The fourth-order valence-corrected chi connectivity index (χ4v) is 3.33. The highest BCUT2D eigenvalue weighted by atomic mass is 16.3. The van der Waals surface area contributed by atoms with E-state index >= 15 is 0 Å². The van der Waals surface area contributed by atoms with Gasteiger partial charge >= 0.3 is 0 Å². The van der Waals surface area contributed by atoms with E-state index in [9.17, 15) is 0 Å². The van der Waals surface area contributed by atoms with Gasteiger partial charge in [0, 0.05) is 0 Å². The van der Waals surface area contributed by atoms with E-state index in [1.165, 1.54) is 33.4 Å². The summed E-state index contributed by atoms with van der Waals surface area (Å²) in [5, 5.41) is 6.89. The van der Waals surface area contributed by atoms with E-state index in [0.717, 1.165) is 0 Å².